The summed E-state index contributed by atoms with van der Waals surface area (Å²) in [7, 11) is 1.57. The van der Waals surface area contributed by atoms with Crippen molar-refractivity contribution in [3.63, 3.8) is 0 Å². The normalized spacial score (nSPS) is 21.4. The van der Waals surface area contributed by atoms with Gasteiger partial charge in [-0.25, -0.2) is 0 Å². The molecule has 0 saturated carbocycles. The summed E-state index contributed by atoms with van der Waals surface area (Å²) >= 11 is 0. The lowest BCUT2D eigenvalue weighted by Crippen LogP contribution is -2.24. The van der Waals surface area contributed by atoms with Gasteiger partial charge in [0.05, 0.1) is 18.9 Å². The Morgan fingerprint density at radius 1 is 1.40 bits per heavy atom. The first-order chi connectivity index (χ1) is 9.52. The van der Waals surface area contributed by atoms with Gasteiger partial charge in [-0.1, -0.05) is 5.57 Å². The Hall–Kier alpha value is -2.10. The molecule has 0 amide bonds. The van der Waals surface area contributed by atoms with Crippen LogP contribution in [0.4, 0.5) is 0 Å². The average molecular weight is 274 g/mol. The number of esters is 1. The standard InChI is InChI=1S/C16H18O4/c1-10(2)8-13-14(9-20-16(13)18)15(17)11-4-6-12(19-3)7-5-11/h4-7,13-14H,1,8-9H2,2-3H3/t13-,14-/m0/s1. The molecule has 0 unspecified atom stereocenters. The van der Waals surface area contributed by atoms with E-state index >= 15 is 0 Å². The van der Waals surface area contributed by atoms with E-state index in [2.05, 4.69) is 6.58 Å². The first-order valence-corrected chi connectivity index (χ1v) is 6.52. The highest BCUT2D eigenvalue weighted by atomic mass is 16.5. The quantitative estimate of drug-likeness (QED) is 0.470. The van der Waals surface area contributed by atoms with Crippen LogP contribution < -0.4 is 4.74 Å². The van der Waals surface area contributed by atoms with Crippen LogP contribution in [-0.4, -0.2) is 25.5 Å². The SMILES string of the molecule is C=C(C)C[C@@H]1C(=O)OC[C@@H]1C(=O)c1ccc(OC)cc1. The third kappa shape index (κ3) is 2.90. The molecule has 0 bridgehead atoms. The molecular weight excluding hydrogens is 256 g/mol. The van der Waals surface area contributed by atoms with Gasteiger partial charge in [-0.2, -0.15) is 0 Å². The number of benzene rings is 1. The van der Waals surface area contributed by atoms with E-state index in [-0.39, 0.29) is 18.4 Å². The van der Waals surface area contributed by atoms with E-state index < -0.39 is 11.8 Å². The van der Waals surface area contributed by atoms with Gasteiger partial charge < -0.3 is 9.47 Å². The van der Waals surface area contributed by atoms with E-state index in [9.17, 15) is 9.59 Å². The molecule has 0 spiro atoms. The second kappa shape index (κ2) is 5.90. The van der Waals surface area contributed by atoms with Crippen molar-refractivity contribution >= 4 is 11.8 Å². The molecule has 1 fully saturated rings. The highest BCUT2D eigenvalue weighted by Crippen LogP contribution is 2.30. The van der Waals surface area contributed by atoms with E-state index in [1.165, 1.54) is 0 Å². The number of cyclic esters (lactones) is 1. The molecule has 1 heterocycles. The van der Waals surface area contributed by atoms with Crippen LogP contribution in [0.5, 0.6) is 5.75 Å². The van der Waals surface area contributed by atoms with E-state index in [1.807, 2.05) is 6.92 Å². The zero-order chi connectivity index (χ0) is 14.7. The molecule has 2 rings (SSSR count). The highest BCUT2D eigenvalue weighted by Gasteiger charge is 2.41. The summed E-state index contributed by atoms with van der Waals surface area (Å²) in [6.07, 6.45) is 0.491. The maximum Gasteiger partial charge on any atom is 0.310 e. The van der Waals surface area contributed by atoms with Gasteiger partial charge in [0.1, 0.15) is 12.4 Å². The lowest BCUT2D eigenvalue weighted by Gasteiger charge is -2.14. The fourth-order valence-electron chi connectivity index (χ4n) is 2.39. The van der Waals surface area contributed by atoms with Crippen LogP contribution in [0.25, 0.3) is 0 Å². The topological polar surface area (TPSA) is 52.6 Å². The minimum Gasteiger partial charge on any atom is -0.497 e. The number of methoxy groups -OCH3 is 1. The maximum absolute atomic E-state index is 12.5. The smallest absolute Gasteiger partial charge is 0.310 e. The minimum atomic E-state index is -0.424. The molecule has 2 atom stereocenters. The lowest BCUT2D eigenvalue weighted by molar-refractivity contribution is -0.141. The molecule has 1 saturated heterocycles. The summed E-state index contributed by atoms with van der Waals surface area (Å²) in [5.41, 5.74) is 1.45. The largest absolute Gasteiger partial charge is 0.497 e. The van der Waals surface area contributed by atoms with Gasteiger partial charge in [0.15, 0.2) is 5.78 Å². The Balaban J connectivity index is 2.18. The van der Waals surface area contributed by atoms with Crippen LogP contribution >= 0.6 is 0 Å². The van der Waals surface area contributed by atoms with Crippen molar-refractivity contribution < 1.29 is 19.1 Å². The molecule has 4 heteroatoms. The summed E-state index contributed by atoms with van der Waals surface area (Å²) in [4.78, 5) is 24.2. The molecule has 1 aliphatic rings. The predicted molar refractivity (Wildman–Crippen MR) is 74.7 cm³/mol. The molecule has 0 N–H and O–H groups in total. The van der Waals surface area contributed by atoms with Crippen molar-refractivity contribution in [2.45, 2.75) is 13.3 Å². The Kier molecular flexibility index (Phi) is 4.23. The average Bonchev–Trinajstić information content (AvgIpc) is 2.79. The van der Waals surface area contributed by atoms with E-state index in [1.54, 1.807) is 31.4 Å². The monoisotopic (exact) mass is 274 g/mol. The summed E-state index contributed by atoms with van der Waals surface area (Å²) in [5.74, 6) is -0.516. The fourth-order valence-corrected chi connectivity index (χ4v) is 2.39. The molecular formula is C16H18O4. The molecule has 1 aromatic rings. The third-order valence-corrected chi connectivity index (χ3v) is 3.47. The minimum absolute atomic E-state index is 0.0650. The van der Waals surface area contributed by atoms with Crippen molar-refractivity contribution in [1.82, 2.24) is 0 Å². The van der Waals surface area contributed by atoms with E-state index in [0.717, 1.165) is 5.57 Å². The second-order valence-electron chi connectivity index (χ2n) is 5.10. The molecule has 0 radical (unpaired) electrons. The van der Waals surface area contributed by atoms with Crippen LogP contribution in [-0.2, 0) is 9.53 Å². The van der Waals surface area contributed by atoms with Gasteiger partial charge in [0.2, 0.25) is 0 Å². The van der Waals surface area contributed by atoms with Crippen molar-refractivity contribution in [2.75, 3.05) is 13.7 Å². The van der Waals surface area contributed by atoms with Crippen LogP contribution in [0.1, 0.15) is 23.7 Å². The molecule has 1 aromatic carbocycles. The van der Waals surface area contributed by atoms with Gasteiger partial charge in [-0.15, -0.1) is 6.58 Å². The van der Waals surface area contributed by atoms with Gasteiger partial charge in [-0.05, 0) is 37.6 Å². The van der Waals surface area contributed by atoms with Gasteiger partial charge in [0.25, 0.3) is 0 Å². The van der Waals surface area contributed by atoms with Gasteiger partial charge in [-0.3, -0.25) is 9.59 Å². The third-order valence-electron chi connectivity index (χ3n) is 3.47. The number of carbonyl (C=O) groups is 2. The fraction of sp³-hybridized carbons (Fsp3) is 0.375. The summed E-state index contributed by atoms with van der Waals surface area (Å²) in [5, 5.41) is 0. The van der Waals surface area contributed by atoms with Crippen LogP contribution in [0.3, 0.4) is 0 Å². The number of ether oxygens (including phenoxy) is 2. The van der Waals surface area contributed by atoms with Crippen molar-refractivity contribution in [3.8, 4) is 5.75 Å². The number of rotatable bonds is 5. The summed E-state index contributed by atoms with van der Waals surface area (Å²) in [6.45, 7) is 5.81. The van der Waals surface area contributed by atoms with Crippen molar-refractivity contribution in [3.05, 3.63) is 42.0 Å². The van der Waals surface area contributed by atoms with E-state index in [4.69, 9.17) is 9.47 Å². The first kappa shape index (κ1) is 14.3. The lowest BCUT2D eigenvalue weighted by atomic mass is 9.84. The van der Waals surface area contributed by atoms with Crippen LogP contribution in [0.2, 0.25) is 0 Å². The van der Waals surface area contributed by atoms with Crippen molar-refractivity contribution in [1.29, 1.82) is 0 Å². The Bertz CT molecular complexity index is 530. The number of Topliss-reactive ketones (excluding diaryl/α,β-unsaturated/α-hetero) is 1. The number of carbonyl (C=O) groups excluding carboxylic acids is 2. The number of ketones is 1. The Morgan fingerprint density at radius 2 is 2.05 bits per heavy atom. The molecule has 1 aliphatic heterocycles. The molecule has 4 nitrogen and oxygen atoms in total. The summed E-state index contributed by atoms with van der Waals surface area (Å²) in [6, 6.07) is 6.89. The number of hydrogen-bond donors (Lipinski definition) is 0. The summed E-state index contributed by atoms with van der Waals surface area (Å²) < 4.78 is 10.1. The number of allylic oxidation sites excluding steroid dienone is 1. The molecule has 106 valence electrons. The molecule has 0 aromatic heterocycles. The predicted octanol–water partition coefficient (Wildman–Crippen LogP) is 2.63. The van der Waals surface area contributed by atoms with Crippen LogP contribution in [0, 0.1) is 11.8 Å². The van der Waals surface area contributed by atoms with Crippen molar-refractivity contribution in [2.24, 2.45) is 11.8 Å². The van der Waals surface area contributed by atoms with Gasteiger partial charge >= 0.3 is 5.97 Å². The molecule has 0 aliphatic carbocycles. The van der Waals surface area contributed by atoms with E-state index in [0.29, 0.717) is 17.7 Å². The first-order valence-electron chi connectivity index (χ1n) is 6.52. The number of hydrogen-bond acceptors (Lipinski definition) is 4. The molecule has 20 heavy (non-hydrogen) atoms. The Morgan fingerprint density at radius 3 is 2.60 bits per heavy atom. The second-order valence-corrected chi connectivity index (χ2v) is 5.10. The Labute approximate surface area is 118 Å². The zero-order valence-electron chi connectivity index (χ0n) is 11.7. The van der Waals surface area contributed by atoms with Crippen LogP contribution in [0.15, 0.2) is 36.4 Å². The van der Waals surface area contributed by atoms with Gasteiger partial charge in [0, 0.05) is 5.56 Å². The maximum atomic E-state index is 12.5. The zero-order valence-corrected chi connectivity index (χ0v) is 11.7. The highest BCUT2D eigenvalue weighted by molar-refractivity contribution is 6.01.